The third-order valence-corrected chi connectivity index (χ3v) is 7.39. The smallest absolute Gasteiger partial charge is 0.261 e. The molecule has 5 heteroatoms. The summed E-state index contributed by atoms with van der Waals surface area (Å²) in [5.74, 6) is 1.64. The van der Waals surface area contributed by atoms with E-state index < -0.39 is 0 Å². The molecule has 1 N–H and O–H groups in total. The number of rotatable bonds is 4. The largest absolute Gasteiger partial charge is 0.494 e. The summed E-state index contributed by atoms with van der Waals surface area (Å²) in [6, 6.07) is 8.42. The summed E-state index contributed by atoms with van der Waals surface area (Å²) in [7, 11) is 0. The summed E-state index contributed by atoms with van der Waals surface area (Å²) in [6.45, 7) is 5.09. The summed E-state index contributed by atoms with van der Waals surface area (Å²) in [5.41, 5.74) is 0.287. The minimum atomic E-state index is 0.101. The van der Waals surface area contributed by atoms with Crippen molar-refractivity contribution in [2.45, 2.75) is 44.2 Å². The first-order chi connectivity index (χ1) is 12.2. The van der Waals surface area contributed by atoms with E-state index >= 15 is 0 Å². The molecule has 4 aliphatic rings. The van der Waals surface area contributed by atoms with Crippen LogP contribution in [-0.4, -0.2) is 42.1 Å². The highest BCUT2D eigenvalue weighted by Crippen LogP contribution is 2.53. The van der Waals surface area contributed by atoms with Gasteiger partial charge in [0.25, 0.3) is 5.91 Å². The molecule has 4 heterocycles. The highest BCUT2D eigenvalue weighted by molar-refractivity contribution is 7.20. The lowest BCUT2D eigenvalue weighted by Crippen LogP contribution is -2.65. The van der Waals surface area contributed by atoms with E-state index in [-0.39, 0.29) is 11.4 Å². The molecule has 25 heavy (non-hydrogen) atoms. The van der Waals surface area contributed by atoms with Crippen LogP contribution in [0.25, 0.3) is 10.1 Å². The fraction of sp³-hybridized carbons (Fsp3) is 0.550. The summed E-state index contributed by atoms with van der Waals surface area (Å²) in [6.07, 6.45) is 4.96. The number of nitrogens with zero attached hydrogens (tertiary/aromatic N) is 1. The molecule has 6 rings (SSSR count). The van der Waals surface area contributed by atoms with Crippen molar-refractivity contribution in [3.05, 3.63) is 29.1 Å². The number of benzene rings is 1. The van der Waals surface area contributed by atoms with Crippen molar-refractivity contribution >= 4 is 27.3 Å². The van der Waals surface area contributed by atoms with Crippen molar-refractivity contribution in [2.75, 3.05) is 19.7 Å². The lowest BCUT2D eigenvalue weighted by atomic mass is 9.77. The summed E-state index contributed by atoms with van der Waals surface area (Å²) in [5, 5.41) is 4.54. The Morgan fingerprint density at radius 1 is 1.32 bits per heavy atom. The van der Waals surface area contributed by atoms with Gasteiger partial charge in [-0.25, -0.2) is 0 Å². The van der Waals surface area contributed by atoms with Crippen LogP contribution in [0.15, 0.2) is 24.3 Å². The molecule has 1 spiro atoms. The Morgan fingerprint density at radius 2 is 2.12 bits per heavy atom. The minimum absolute atomic E-state index is 0.101. The van der Waals surface area contributed by atoms with Gasteiger partial charge < -0.3 is 10.1 Å². The van der Waals surface area contributed by atoms with E-state index in [0.717, 1.165) is 20.7 Å². The topological polar surface area (TPSA) is 41.6 Å². The second-order valence-electron chi connectivity index (χ2n) is 7.62. The number of ether oxygens (including phenoxy) is 1. The molecule has 132 valence electrons. The van der Waals surface area contributed by atoms with Crippen LogP contribution >= 0.6 is 11.3 Å². The van der Waals surface area contributed by atoms with Crippen LogP contribution in [0.5, 0.6) is 5.75 Å². The van der Waals surface area contributed by atoms with Crippen molar-refractivity contribution in [1.82, 2.24) is 10.2 Å². The molecule has 4 nitrogen and oxygen atoms in total. The second-order valence-corrected chi connectivity index (χ2v) is 8.71. The maximum absolute atomic E-state index is 12.9. The van der Waals surface area contributed by atoms with E-state index in [4.69, 9.17) is 4.74 Å². The zero-order valence-electron chi connectivity index (χ0n) is 14.6. The number of nitrogens with one attached hydrogen (secondary N) is 1. The molecule has 1 saturated carbocycles. The molecule has 4 fully saturated rings. The fourth-order valence-corrected chi connectivity index (χ4v) is 5.91. The number of hydrogen-bond acceptors (Lipinski definition) is 4. The zero-order chi connectivity index (χ0) is 17.0. The van der Waals surface area contributed by atoms with Gasteiger partial charge in [0.1, 0.15) is 5.75 Å². The molecule has 3 aliphatic heterocycles. The van der Waals surface area contributed by atoms with Crippen molar-refractivity contribution in [2.24, 2.45) is 5.92 Å². The van der Waals surface area contributed by atoms with Crippen molar-refractivity contribution in [1.29, 1.82) is 0 Å². The van der Waals surface area contributed by atoms with Gasteiger partial charge in [0, 0.05) is 10.2 Å². The van der Waals surface area contributed by atoms with E-state index in [1.165, 1.54) is 38.8 Å². The summed E-state index contributed by atoms with van der Waals surface area (Å²) >= 11 is 1.57. The van der Waals surface area contributed by atoms with E-state index in [2.05, 4.69) is 10.2 Å². The minimum Gasteiger partial charge on any atom is -0.494 e. The van der Waals surface area contributed by atoms with Crippen LogP contribution in [0.2, 0.25) is 0 Å². The average molecular weight is 356 g/mol. The van der Waals surface area contributed by atoms with Gasteiger partial charge in [-0.05, 0) is 81.3 Å². The standard InChI is InChI=1S/C20H24N2O2S/c1-2-24-15-4-3-14-11-17(25-16(14)12-15)19(23)21-18-13-5-9-22(10-6-13)20(18)7-8-20/h3-4,11-13,18H,2,5-10H2,1H3,(H,21,23). The van der Waals surface area contributed by atoms with E-state index in [0.29, 0.717) is 18.6 Å². The highest BCUT2D eigenvalue weighted by atomic mass is 32.1. The monoisotopic (exact) mass is 356 g/mol. The predicted molar refractivity (Wildman–Crippen MR) is 101 cm³/mol. The van der Waals surface area contributed by atoms with Gasteiger partial charge in [-0.15, -0.1) is 11.3 Å². The first kappa shape index (κ1) is 15.6. The molecule has 1 amide bonds. The number of piperidine rings is 3. The molecule has 1 aromatic carbocycles. The first-order valence-corrected chi connectivity index (χ1v) is 10.2. The number of amides is 1. The normalized spacial score (nSPS) is 29.1. The molecule has 1 unspecified atom stereocenters. The Kier molecular flexibility index (Phi) is 3.57. The molecule has 1 aliphatic carbocycles. The average Bonchev–Trinajstić information content (AvgIpc) is 3.29. The van der Waals surface area contributed by atoms with Gasteiger partial charge in [-0.1, -0.05) is 0 Å². The van der Waals surface area contributed by atoms with E-state index in [9.17, 15) is 4.79 Å². The first-order valence-electron chi connectivity index (χ1n) is 9.42. The Bertz CT molecular complexity index is 818. The second kappa shape index (κ2) is 5.71. The molecule has 2 aromatic rings. The fourth-order valence-electron chi connectivity index (χ4n) is 4.91. The lowest BCUT2D eigenvalue weighted by Gasteiger charge is -2.52. The van der Waals surface area contributed by atoms with Gasteiger partial charge in [0.05, 0.1) is 17.5 Å². The highest BCUT2D eigenvalue weighted by Gasteiger charge is 2.60. The van der Waals surface area contributed by atoms with Gasteiger partial charge >= 0.3 is 0 Å². The Balaban J connectivity index is 1.38. The van der Waals surface area contributed by atoms with Crippen molar-refractivity contribution in [3.8, 4) is 5.75 Å². The third kappa shape index (κ3) is 2.48. The molecule has 2 bridgehead atoms. The molecular weight excluding hydrogens is 332 g/mol. The molecule has 0 radical (unpaired) electrons. The number of hydrogen-bond donors (Lipinski definition) is 1. The third-order valence-electron chi connectivity index (χ3n) is 6.29. The molecular formula is C20H24N2O2S. The van der Waals surface area contributed by atoms with E-state index in [1.807, 2.05) is 31.2 Å². The van der Waals surface area contributed by atoms with Crippen LogP contribution in [0, 0.1) is 5.92 Å². The zero-order valence-corrected chi connectivity index (χ0v) is 15.4. The lowest BCUT2D eigenvalue weighted by molar-refractivity contribution is -0.00138. The summed E-state index contributed by atoms with van der Waals surface area (Å²) < 4.78 is 6.69. The van der Waals surface area contributed by atoms with Crippen LogP contribution in [0.3, 0.4) is 0 Å². The van der Waals surface area contributed by atoms with Gasteiger partial charge in [-0.2, -0.15) is 0 Å². The van der Waals surface area contributed by atoms with Gasteiger partial charge in [-0.3, -0.25) is 9.69 Å². The molecule has 3 saturated heterocycles. The Hall–Kier alpha value is -1.59. The number of fused-ring (bicyclic) bond motifs is 3. The molecule has 1 atom stereocenters. The van der Waals surface area contributed by atoms with E-state index in [1.54, 1.807) is 11.3 Å². The SMILES string of the molecule is CCOc1ccc2cc(C(=O)NC3C4CCN(CC4)C34CC4)sc2c1. The number of thiophene rings is 1. The van der Waals surface area contributed by atoms with Crippen molar-refractivity contribution < 1.29 is 9.53 Å². The van der Waals surface area contributed by atoms with Crippen LogP contribution < -0.4 is 10.1 Å². The predicted octanol–water partition coefficient (Wildman–Crippen LogP) is 3.66. The van der Waals surface area contributed by atoms with Crippen molar-refractivity contribution in [3.63, 3.8) is 0 Å². The number of carbonyl (C=O) groups is 1. The van der Waals surface area contributed by atoms with Crippen LogP contribution in [-0.2, 0) is 0 Å². The van der Waals surface area contributed by atoms with Crippen LogP contribution in [0.1, 0.15) is 42.3 Å². The number of carbonyl (C=O) groups excluding carboxylic acids is 1. The Morgan fingerprint density at radius 3 is 2.84 bits per heavy atom. The molecule has 1 aromatic heterocycles. The van der Waals surface area contributed by atoms with Gasteiger partial charge in [0.15, 0.2) is 0 Å². The van der Waals surface area contributed by atoms with Crippen LogP contribution in [0.4, 0.5) is 0 Å². The maximum atomic E-state index is 12.9. The summed E-state index contributed by atoms with van der Waals surface area (Å²) in [4.78, 5) is 16.4. The Labute approximate surface area is 152 Å². The maximum Gasteiger partial charge on any atom is 0.261 e. The quantitative estimate of drug-likeness (QED) is 0.909. The van der Waals surface area contributed by atoms with Gasteiger partial charge in [0.2, 0.25) is 0 Å².